The van der Waals surface area contributed by atoms with Crippen molar-refractivity contribution in [2.75, 3.05) is 13.7 Å². The average Bonchev–Trinajstić information content (AvgIpc) is 2.29. The second kappa shape index (κ2) is 7.25. The molecule has 3 nitrogen and oxygen atoms in total. The molecule has 0 aromatic rings. The first kappa shape index (κ1) is 13.9. The summed E-state index contributed by atoms with van der Waals surface area (Å²) in [5.41, 5.74) is 0. The van der Waals surface area contributed by atoms with Crippen LogP contribution in [0.2, 0.25) is 0 Å². The van der Waals surface area contributed by atoms with Crippen LogP contribution in [0.1, 0.15) is 46.0 Å². The van der Waals surface area contributed by atoms with Gasteiger partial charge in [-0.05, 0) is 38.0 Å². The van der Waals surface area contributed by atoms with Gasteiger partial charge >= 0.3 is 0 Å². The molecule has 1 aliphatic rings. The van der Waals surface area contributed by atoms with Crippen LogP contribution in [-0.4, -0.2) is 37.0 Å². The van der Waals surface area contributed by atoms with E-state index in [1.54, 1.807) is 7.11 Å². The summed E-state index contributed by atoms with van der Waals surface area (Å²) >= 11 is 0. The van der Waals surface area contributed by atoms with Gasteiger partial charge in [0.15, 0.2) is 0 Å². The van der Waals surface area contributed by atoms with E-state index in [0.717, 1.165) is 19.3 Å². The number of methoxy groups -OCH3 is 1. The summed E-state index contributed by atoms with van der Waals surface area (Å²) in [6, 6.07) is 1.07. The first-order valence-corrected chi connectivity index (χ1v) is 6.57. The number of aliphatic hydroxyl groups excluding tert-OH is 1. The Morgan fingerprint density at radius 1 is 1.25 bits per heavy atom. The maximum Gasteiger partial charge on any atom is 0.0572 e. The van der Waals surface area contributed by atoms with Gasteiger partial charge in [0.2, 0.25) is 0 Å². The maximum atomic E-state index is 9.04. The van der Waals surface area contributed by atoms with Gasteiger partial charge in [0, 0.05) is 25.8 Å². The summed E-state index contributed by atoms with van der Waals surface area (Å²) in [6.45, 7) is 4.71. The average molecular weight is 229 g/mol. The lowest BCUT2D eigenvalue weighted by atomic mass is 9.90. The topological polar surface area (TPSA) is 41.5 Å². The molecule has 0 aromatic carbocycles. The van der Waals surface area contributed by atoms with E-state index >= 15 is 0 Å². The van der Waals surface area contributed by atoms with Crippen molar-refractivity contribution in [2.24, 2.45) is 5.92 Å². The largest absolute Gasteiger partial charge is 0.396 e. The quantitative estimate of drug-likeness (QED) is 0.731. The van der Waals surface area contributed by atoms with Crippen LogP contribution in [0.5, 0.6) is 0 Å². The summed E-state index contributed by atoms with van der Waals surface area (Å²) in [5, 5.41) is 12.7. The number of nitrogens with one attached hydrogen (secondary N) is 1. The van der Waals surface area contributed by atoms with Crippen molar-refractivity contribution >= 4 is 0 Å². The Hall–Kier alpha value is -0.120. The van der Waals surface area contributed by atoms with Gasteiger partial charge in [-0.1, -0.05) is 13.8 Å². The molecule has 1 rings (SSSR count). The van der Waals surface area contributed by atoms with E-state index in [0.29, 0.717) is 24.1 Å². The van der Waals surface area contributed by atoms with E-state index in [-0.39, 0.29) is 6.61 Å². The Morgan fingerprint density at radius 3 is 2.31 bits per heavy atom. The third kappa shape index (κ3) is 4.40. The predicted octanol–water partition coefficient (Wildman–Crippen LogP) is 1.94. The highest BCUT2D eigenvalue weighted by atomic mass is 16.5. The summed E-state index contributed by atoms with van der Waals surface area (Å²) in [7, 11) is 1.81. The van der Waals surface area contributed by atoms with Crippen molar-refractivity contribution in [3.63, 3.8) is 0 Å². The van der Waals surface area contributed by atoms with Gasteiger partial charge in [-0.3, -0.25) is 0 Å². The molecular formula is C13H27NO2. The van der Waals surface area contributed by atoms with Gasteiger partial charge in [-0.15, -0.1) is 0 Å². The molecule has 2 N–H and O–H groups in total. The van der Waals surface area contributed by atoms with Crippen LogP contribution in [0, 0.1) is 5.92 Å². The Balaban J connectivity index is 2.30. The van der Waals surface area contributed by atoms with Crippen molar-refractivity contribution in [3.05, 3.63) is 0 Å². The minimum Gasteiger partial charge on any atom is -0.396 e. The molecule has 1 fully saturated rings. The van der Waals surface area contributed by atoms with E-state index in [9.17, 15) is 0 Å². The van der Waals surface area contributed by atoms with Gasteiger partial charge in [0.25, 0.3) is 0 Å². The van der Waals surface area contributed by atoms with Crippen LogP contribution in [-0.2, 0) is 4.74 Å². The summed E-state index contributed by atoms with van der Waals surface area (Å²) in [5.74, 6) is 0.590. The lowest BCUT2D eigenvalue weighted by Crippen LogP contribution is -2.44. The number of rotatable bonds is 6. The van der Waals surface area contributed by atoms with Crippen molar-refractivity contribution in [2.45, 2.75) is 64.1 Å². The first-order chi connectivity index (χ1) is 7.67. The van der Waals surface area contributed by atoms with E-state index in [4.69, 9.17) is 9.84 Å². The van der Waals surface area contributed by atoms with Gasteiger partial charge in [0.1, 0.15) is 0 Å². The van der Waals surface area contributed by atoms with Crippen molar-refractivity contribution in [1.29, 1.82) is 0 Å². The molecule has 16 heavy (non-hydrogen) atoms. The zero-order valence-electron chi connectivity index (χ0n) is 10.9. The smallest absolute Gasteiger partial charge is 0.0572 e. The predicted molar refractivity (Wildman–Crippen MR) is 66.5 cm³/mol. The van der Waals surface area contributed by atoms with Crippen LogP contribution in [0.3, 0.4) is 0 Å². The number of aliphatic hydroxyl groups is 1. The third-order valence-electron chi connectivity index (χ3n) is 3.70. The molecule has 1 atom stereocenters. The van der Waals surface area contributed by atoms with Crippen LogP contribution in [0.15, 0.2) is 0 Å². The molecule has 3 heteroatoms. The molecule has 0 saturated heterocycles. The summed E-state index contributed by atoms with van der Waals surface area (Å²) in [4.78, 5) is 0. The molecule has 96 valence electrons. The van der Waals surface area contributed by atoms with E-state index in [2.05, 4.69) is 19.2 Å². The SMILES string of the molecule is COC1CCC(NC(CCO)C(C)C)CC1. The molecule has 1 aliphatic carbocycles. The highest BCUT2D eigenvalue weighted by Gasteiger charge is 2.23. The minimum absolute atomic E-state index is 0.281. The summed E-state index contributed by atoms with van der Waals surface area (Å²) < 4.78 is 5.37. The molecule has 0 bridgehead atoms. The van der Waals surface area contributed by atoms with Gasteiger partial charge < -0.3 is 15.2 Å². The van der Waals surface area contributed by atoms with Gasteiger partial charge in [-0.25, -0.2) is 0 Å². The molecule has 0 aliphatic heterocycles. The van der Waals surface area contributed by atoms with Gasteiger partial charge in [0.05, 0.1) is 6.10 Å². The number of hydrogen-bond donors (Lipinski definition) is 2. The van der Waals surface area contributed by atoms with Crippen molar-refractivity contribution < 1.29 is 9.84 Å². The van der Waals surface area contributed by atoms with E-state index < -0.39 is 0 Å². The fourth-order valence-electron chi connectivity index (χ4n) is 2.52. The normalized spacial score (nSPS) is 28.3. The molecule has 0 radical (unpaired) electrons. The molecule has 0 heterocycles. The van der Waals surface area contributed by atoms with E-state index in [1.807, 2.05) is 0 Å². The first-order valence-electron chi connectivity index (χ1n) is 6.57. The highest BCUT2D eigenvalue weighted by molar-refractivity contribution is 4.82. The second-order valence-corrected chi connectivity index (χ2v) is 5.24. The zero-order valence-corrected chi connectivity index (χ0v) is 10.9. The molecular weight excluding hydrogens is 202 g/mol. The fourth-order valence-corrected chi connectivity index (χ4v) is 2.52. The lowest BCUT2D eigenvalue weighted by molar-refractivity contribution is 0.0595. The van der Waals surface area contributed by atoms with Gasteiger partial charge in [-0.2, -0.15) is 0 Å². The lowest BCUT2D eigenvalue weighted by Gasteiger charge is -2.33. The van der Waals surface area contributed by atoms with Crippen LogP contribution < -0.4 is 5.32 Å². The van der Waals surface area contributed by atoms with Crippen LogP contribution >= 0.6 is 0 Å². The van der Waals surface area contributed by atoms with E-state index in [1.165, 1.54) is 12.8 Å². The molecule has 0 amide bonds. The maximum absolute atomic E-state index is 9.04. The number of ether oxygens (including phenoxy) is 1. The molecule has 1 saturated carbocycles. The molecule has 1 unspecified atom stereocenters. The fraction of sp³-hybridized carbons (Fsp3) is 1.00. The standard InChI is InChI=1S/C13H27NO2/c1-10(2)13(8-9-15)14-11-4-6-12(16-3)7-5-11/h10-15H,4-9H2,1-3H3. The number of hydrogen-bond acceptors (Lipinski definition) is 3. The highest BCUT2D eigenvalue weighted by Crippen LogP contribution is 2.22. The Labute approximate surface area is 99.6 Å². The van der Waals surface area contributed by atoms with Crippen molar-refractivity contribution in [3.8, 4) is 0 Å². The van der Waals surface area contributed by atoms with Crippen LogP contribution in [0.25, 0.3) is 0 Å². The Bertz CT molecular complexity index is 177. The minimum atomic E-state index is 0.281. The molecule has 0 spiro atoms. The van der Waals surface area contributed by atoms with Crippen LogP contribution in [0.4, 0.5) is 0 Å². The molecule has 0 aromatic heterocycles. The third-order valence-corrected chi connectivity index (χ3v) is 3.70. The summed E-state index contributed by atoms with van der Waals surface area (Å²) in [6.07, 6.45) is 6.06. The monoisotopic (exact) mass is 229 g/mol. The zero-order chi connectivity index (χ0) is 12.0. The van der Waals surface area contributed by atoms with Crippen molar-refractivity contribution in [1.82, 2.24) is 5.32 Å². The second-order valence-electron chi connectivity index (χ2n) is 5.24. The Kier molecular flexibility index (Phi) is 6.32. The Morgan fingerprint density at radius 2 is 1.88 bits per heavy atom.